The number of aromatic nitrogens is 3. The van der Waals surface area contributed by atoms with Gasteiger partial charge in [0, 0.05) is 13.5 Å². The minimum Gasteiger partial charge on any atom is -0.360 e. The highest BCUT2D eigenvalue weighted by Crippen LogP contribution is 2.36. The fraction of sp³-hybridized carbons (Fsp3) is 0.750. The van der Waals surface area contributed by atoms with E-state index in [4.69, 9.17) is 0 Å². The molecule has 1 heterocycles. The number of alkyl halides is 2. The molecule has 1 aromatic rings. The molecule has 0 spiro atoms. The molecular formula is C8H12F2N4. The number of halogens is 2. The summed E-state index contributed by atoms with van der Waals surface area (Å²) in [4.78, 5) is 0. The van der Waals surface area contributed by atoms with Gasteiger partial charge in [-0.25, -0.2) is 13.5 Å². The Hall–Kier alpha value is -1.20. The summed E-state index contributed by atoms with van der Waals surface area (Å²) >= 11 is 0. The van der Waals surface area contributed by atoms with Crippen molar-refractivity contribution < 1.29 is 8.78 Å². The van der Waals surface area contributed by atoms with Crippen molar-refractivity contribution in [2.75, 3.05) is 5.32 Å². The summed E-state index contributed by atoms with van der Waals surface area (Å²) < 4.78 is 27.9. The second kappa shape index (κ2) is 3.18. The summed E-state index contributed by atoms with van der Waals surface area (Å²) in [7, 11) is 1.67. The van der Waals surface area contributed by atoms with Crippen LogP contribution in [0, 0.1) is 0 Å². The topological polar surface area (TPSA) is 42.7 Å². The van der Waals surface area contributed by atoms with E-state index >= 15 is 0 Å². The summed E-state index contributed by atoms with van der Waals surface area (Å²) in [6, 6.07) is -0.778. The second-order valence-corrected chi connectivity index (χ2v) is 3.59. The lowest BCUT2D eigenvalue weighted by molar-refractivity contribution is -0.000759. The monoisotopic (exact) mass is 202 g/mol. The van der Waals surface area contributed by atoms with E-state index in [2.05, 4.69) is 15.6 Å². The quantitative estimate of drug-likeness (QED) is 0.788. The van der Waals surface area contributed by atoms with E-state index in [1.54, 1.807) is 7.05 Å². The minimum absolute atomic E-state index is 0.0318. The SMILES string of the molecule is Cn1nncc1NC1CCCC1(F)F. The van der Waals surface area contributed by atoms with E-state index < -0.39 is 12.0 Å². The minimum atomic E-state index is -2.61. The Labute approximate surface area is 80.3 Å². The second-order valence-electron chi connectivity index (χ2n) is 3.59. The van der Waals surface area contributed by atoms with Crippen LogP contribution in [0.5, 0.6) is 0 Å². The molecule has 4 nitrogen and oxygen atoms in total. The first-order valence-electron chi connectivity index (χ1n) is 4.58. The van der Waals surface area contributed by atoms with Crippen LogP contribution in [0.1, 0.15) is 19.3 Å². The van der Waals surface area contributed by atoms with Crippen LogP contribution in [0.15, 0.2) is 6.20 Å². The van der Waals surface area contributed by atoms with Gasteiger partial charge in [0.1, 0.15) is 5.82 Å². The van der Waals surface area contributed by atoms with Gasteiger partial charge in [0.25, 0.3) is 5.92 Å². The molecule has 1 aliphatic carbocycles. The molecule has 78 valence electrons. The molecule has 0 saturated heterocycles. The van der Waals surface area contributed by atoms with Gasteiger partial charge in [-0.3, -0.25) is 0 Å². The molecule has 0 aliphatic heterocycles. The molecule has 1 fully saturated rings. The molecule has 1 aliphatic rings. The average Bonchev–Trinajstić information content (AvgIpc) is 2.62. The first-order chi connectivity index (χ1) is 6.59. The first-order valence-corrected chi connectivity index (χ1v) is 4.58. The summed E-state index contributed by atoms with van der Waals surface area (Å²) in [6.07, 6.45) is 2.48. The maximum absolute atomic E-state index is 13.2. The van der Waals surface area contributed by atoms with E-state index in [9.17, 15) is 8.78 Å². The van der Waals surface area contributed by atoms with Gasteiger partial charge in [-0.15, -0.1) is 5.10 Å². The molecular weight excluding hydrogens is 190 g/mol. The number of hydrogen-bond donors (Lipinski definition) is 1. The van der Waals surface area contributed by atoms with Gasteiger partial charge in [0.05, 0.1) is 12.2 Å². The molecule has 1 N–H and O–H groups in total. The van der Waals surface area contributed by atoms with Crippen LogP contribution in [0.4, 0.5) is 14.6 Å². The normalized spacial score (nSPS) is 25.2. The van der Waals surface area contributed by atoms with Crippen LogP contribution in [0.25, 0.3) is 0 Å². The molecule has 2 rings (SSSR count). The van der Waals surface area contributed by atoms with Crippen LogP contribution in [0.2, 0.25) is 0 Å². The number of anilines is 1. The summed E-state index contributed by atoms with van der Waals surface area (Å²) in [5.41, 5.74) is 0. The van der Waals surface area contributed by atoms with Crippen molar-refractivity contribution >= 4 is 5.82 Å². The van der Waals surface area contributed by atoms with Gasteiger partial charge in [-0.2, -0.15) is 0 Å². The Morgan fingerprint density at radius 1 is 1.64 bits per heavy atom. The Kier molecular flexibility index (Phi) is 2.13. The molecule has 1 saturated carbocycles. The van der Waals surface area contributed by atoms with Crippen LogP contribution in [-0.4, -0.2) is 27.0 Å². The average molecular weight is 202 g/mol. The molecule has 0 amide bonds. The van der Waals surface area contributed by atoms with Crippen LogP contribution in [-0.2, 0) is 7.05 Å². The number of nitrogens with zero attached hydrogens (tertiary/aromatic N) is 3. The zero-order valence-electron chi connectivity index (χ0n) is 7.87. The number of aryl methyl sites for hydroxylation is 1. The van der Waals surface area contributed by atoms with Crippen molar-refractivity contribution in [3.8, 4) is 0 Å². The van der Waals surface area contributed by atoms with Crippen molar-refractivity contribution in [1.29, 1.82) is 0 Å². The third kappa shape index (κ3) is 1.56. The van der Waals surface area contributed by atoms with Crippen LogP contribution >= 0.6 is 0 Å². The van der Waals surface area contributed by atoms with Crippen LogP contribution in [0.3, 0.4) is 0 Å². The van der Waals surface area contributed by atoms with E-state index in [1.165, 1.54) is 10.9 Å². The van der Waals surface area contributed by atoms with Gasteiger partial charge in [0.15, 0.2) is 0 Å². The molecule has 14 heavy (non-hydrogen) atoms. The molecule has 0 radical (unpaired) electrons. The van der Waals surface area contributed by atoms with Gasteiger partial charge < -0.3 is 5.32 Å². The Morgan fingerprint density at radius 3 is 2.93 bits per heavy atom. The predicted molar refractivity (Wildman–Crippen MR) is 47.2 cm³/mol. The highest BCUT2D eigenvalue weighted by molar-refractivity contribution is 5.33. The molecule has 1 unspecified atom stereocenters. The zero-order chi connectivity index (χ0) is 10.2. The lowest BCUT2D eigenvalue weighted by Gasteiger charge is -2.20. The summed E-state index contributed by atoms with van der Waals surface area (Å²) in [5.74, 6) is -2.07. The Balaban J connectivity index is 2.08. The molecule has 1 aromatic heterocycles. The molecule has 0 bridgehead atoms. The lowest BCUT2D eigenvalue weighted by atomic mass is 10.2. The first kappa shape index (κ1) is 9.36. The Morgan fingerprint density at radius 2 is 2.43 bits per heavy atom. The van der Waals surface area contributed by atoms with Crippen molar-refractivity contribution in [2.24, 2.45) is 7.05 Å². The fourth-order valence-corrected chi connectivity index (χ4v) is 1.70. The van der Waals surface area contributed by atoms with E-state index in [-0.39, 0.29) is 6.42 Å². The van der Waals surface area contributed by atoms with Crippen molar-refractivity contribution in [3.05, 3.63) is 6.20 Å². The molecule has 0 aromatic carbocycles. The molecule has 6 heteroatoms. The van der Waals surface area contributed by atoms with Crippen LogP contribution < -0.4 is 5.32 Å². The summed E-state index contributed by atoms with van der Waals surface area (Å²) in [5, 5.41) is 10.1. The van der Waals surface area contributed by atoms with E-state index in [0.29, 0.717) is 18.7 Å². The van der Waals surface area contributed by atoms with Crippen molar-refractivity contribution in [2.45, 2.75) is 31.2 Å². The highest BCUT2D eigenvalue weighted by Gasteiger charge is 2.44. The zero-order valence-corrected chi connectivity index (χ0v) is 7.87. The maximum atomic E-state index is 13.2. The van der Waals surface area contributed by atoms with Gasteiger partial charge in [0.2, 0.25) is 0 Å². The lowest BCUT2D eigenvalue weighted by Crippen LogP contribution is -2.34. The molecule has 1 atom stereocenters. The predicted octanol–water partition coefficient (Wildman–Crippen LogP) is 1.41. The van der Waals surface area contributed by atoms with Gasteiger partial charge in [-0.05, 0) is 12.8 Å². The van der Waals surface area contributed by atoms with E-state index in [1.807, 2.05) is 0 Å². The number of rotatable bonds is 2. The van der Waals surface area contributed by atoms with Gasteiger partial charge >= 0.3 is 0 Å². The standard InChI is InChI=1S/C8H12F2N4/c1-14-7(5-11-13-14)12-6-3-2-4-8(6,9)10/h5-6,12H,2-4H2,1H3. The highest BCUT2D eigenvalue weighted by atomic mass is 19.3. The number of hydrogen-bond acceptors (Lipinski definition) is 3. The van der Waals surface area contributed by atoms with Crippen molar-refractivity contribution in [3.63, 3.8) is 0 Å². The smallest absolute Gasteiger partial charge is 0.267 e. The van der Waals surface area contributed by atoms with E-state index in [0.717, 1.165) is 0 Å². The third-order valence-electron chi connectivity index (χ3n) is 2.55. The maximum Gasteiger partial charge on any atom is 0.267 e. The van der Waals surface area contributed by atoms with Gasteiger partial charge in [-0.1, -0.05) is 5.21 Å². The summed E-state index contributed by atoms with van der Waals surface area (Å²) in [6.45, 7) is 0. The third-order valence-corrected chi connectivity index (χ3v) is 2.55. The van der Waals surface area contributed by atoms with Crippen molar-refractivity contribution in [1.82, 2.24) is 15.0 Å². The Bertz CT molecular complexity index is 323. The number of nitrogens with one attached hydrogen (secondary N) is 1. The largest absolute Gasteiger partial charge is 0.360 e. The fourth-order valence-electron chi connectivity index (χ4n) is 1.70.